The highest BCUT2D eigenvalue weighted by molar-refractivity contribution is 5.76. The van der Waals surface area contributed by atoms with Crippen molar-refractivity contribution in [1.82, 2.24) is 30.2 Å². The van der Waals surface area contributed by atoms with Gasteiger partial charge in [-0.05, 0) is 33.6 Å². The maximum absolute atomic E-state index is 12.7. The Bertz CT molecular complexity index is 1050. The van der Waals surface area contributed by atoms with E-state index >= 15 is 0 Å². The van der Waals surface area contributed by atoms with Crippen LogP contribution < -0.4 is 20.9 Å². The fraction of sp³-hybridized carbons (Fsp3) is 0.609. The zero-order chi connectivity index (χ0) is 23.9. The number of nitrogens with one attached hydrogen (secondary N) is 1. The quantitative estimate of drug-likeness (QED) is 0.687. The molecule has 2 aromatic rings. The van der Waals surface area contributed by atoms with E-state index in [4.69, 9.17) is 20.4 Å². The predicted octanol–water partition coefficient (Wildman–Crippen LogP) is 1.30. The standard InChI is InChI=1S/C23H33N9O2/c1-23(2,3)29-22(33)31-6-4-16(14-31)32-7-5-17-18(15-12-25-20(24)26-13-15)27-21(28-19(17)32)30-8-10-34-11-9-30/h12-13,16H,4-11,14H2,1-3H3,(H,29,33)(H2,24,25,26). The van der Waals surface area contributed by atoms with E-state index in [1.165, 1.54) is 0 Å². The molecule has 0 aliphatic carbocycles. The number of carbonyl (C=O) groups is 1. The Morgan fingerprint density at radius 1 is 1.12 bits per heavy atom. The van der Waals surface area contributed by atoms with Crippen LogP contribution in [0, 0.1) is 0 Å². The minimum Gasteiger partial charge on any atom is -0.378 e. The second kappa shape index (κ2) is 8.86. The van der Waals surface area contributed by atoms with E-state index in [0.717, 1.165) is 61.7 Å². The molecule has 2 saturated heterocycles. The maximum Gasteiger partial charge on any atom is 0.317 e. The van der Waals surface area contributed by atoms with Crippen LogP contribution in [-0.2, 0) is 11.2 Å². The van der Waals surface area contributed by atoms with Gasteiger partial charge in [0.05, 0.1) is 18.9 Å². The molecule has 11 nitrogen and oxygen atoms in total. The first-order chi connectivity index (χ1) is 16.3. The second-order valence-corrected chi connectivity index (χ2v) is 10.1. The third kappa shape index (κ3) is 4.56. The molecule has 0 radical (unpaired) electrons. The SMILES string of the molecule is CC(C)(C)NC(=O)N1CCC(N2CCc3c(-c4cnc(N)nc4)nc(N4CCOCC4)nc32)C1. The average molecular weight is 468 g/mol. The molecule has 11 heteroatoms. The summed E-state index contributed by atoms with van der Waals surface area (Å²) in [7, 11) is 0. The molecule has 2 amide bonds. The van der Waals surface area contributed by atoms with Gasteiger partial charge in [-0.25, -0.2) is 19.7 Å². The van der Waals surface area contributed by atoms with Gasteiger partial charge >= 0.3 is 6.03 Å². The van der Waals surface area contributed by atoms with Crippen LogP contribution in [0.1, 0.15) is 32.8 Å². The van der Waals surface area contributed by atoms with Gasteiger partial charge in [-0.2, -0.15) is 4.98 Å². The first-order valence-electron chi connectivity index (χ1n) is 11.9. The largest absolute Gasteiger partial charge is 0.378 e. The lowest BCUT2D eigenvalue weighted by atomic mass is 10.1. The number of hydrogen-bond acceptors (Lipinski definition) is 9. The van der Waals surface area contributed by atoms with Crippen LogP contribution >= 0.6 is 0 Å². The van der Waals surface area contributed by atoms with Crippen molar-refractivity contribution in [3.8, 4) is 11.3 Å². The Kier molecular flexibility index (Phi) is 5.88. The van der Waals surface area contributed by atoms with E-state index in [2.05, 4.69) is 25.1 Å². The Morgan fingerprint density at radius 3 is 2.56 bits per heavy atom. The topological polar surface area (TPSA) is 126 Å². The van der Waals surface area contributed by atoms with Gasteiger partial charge in [-0.15, -0.1) is 0 Å². The summed E-state index contributed by atoms with van der Waals surface area (Å²) in [6.45, 7) is 11.1. The number of fused-ring (bicyclic) bond motifs is 1. The molecule has 0 saturated carbocycles. The number of likely N-dealkylation sites (tertiary alicyclic amines) is 1. The Balaban J connectivity index is 1.45. The van der Waals surface area contributed by atoms with Crippen molar-refractivity contribution in [3.05, 3.63) is 18.0 Å². The van der Waals surface area contributed by atoms with Crippen molar-refractivity contribution in [2.45, 2.75) is 45.2 Å². The Hall–Kier alpha value is -3.21. The van der Waals surface area contributed by atoms with E-state index in [9.17, 15) is 4.79 Å². The van der Waals surface area contributed by atoms with E-state index in [1.54, 1.807) is 12.4 Å². The first-order valence-corrected chi connectivity index (χ1v) is 11.9. The number of amides is 2. The summed E-state index contributed by atoms with van der Waals surface area (Å²) >= 11 is 0. The van der Waals surface area contributed by atoms with Gasteiger partial charge in [0.15, 0.2) is 0 Å². The van der Waals surface area contributed by atoms with Crippen LogP contribution in [0.4, 0.5) is 22.5 Å². The molecule has 0 spiro atoms. The normalized spacial score (nSPS) is 20.6. The van der Waals surface area contributed by atoms with Gasteiger partial charge in [0.2, 0.25) is 11.9 Å². The monoisotopic (exact) mass is 467 g/mol. The van der Waals surface area contributed by atoms with Crippen LogP contribution in [0.25, 0.3) is 11.3 Å². The van der Waals surface area contributed by atoms with Crippen molar-refractivity contribution >= 4 is 23.7 Å². The van der Waals surface area contributed by atoms with E-state index in [0.29, 0.717) is 25.7 Å². The molecule has 3 aliphatic rings. The van der Waals surface area contributed by atoms with Crippen LogP contribution in [0.15, 0.2) is 12.4 Å². The molecule has 182 valence electrons. The third-order valence-corrected chi connectivity index (χ3v) is 6.46. The lowest BCUT2D eigenvalue weighted by Crippen LogP contribution is -2.48. The highest BCUT2D eigenvalue weighted by atomic mass is 16.5. The molecular formula is C23H33N9O2. The second-order valence-electron chi connectivity index (χ2n) is 10.1. The summed E-state index contributed by atoms with van der Waals surface area (Å²) in [6, 6.07) is 0.209. The summed E-state index contributed by atoms with van der Waals surface area (Å²) in [5.74, 6) is 1.89. The number of nitrogen functional groups attached to an aromatic ring is 1. The average Bonchev–Trinajstić information content (AvgIpc) is 3.46. The number of anilines is 3. The molecule has 3 N–H and O–H groups in total. The van der Waals surface area contributed by atoms with Gasteiger partial charge in [0.25, 0.3) is 0 Å². The van der Waals surface area contributed by atoms with E-state index in [-0.39, 0.29) is 23.6 Å². The molecule has 1 atom stereocenters. The third-order valence-electron chi connectivity index (χ3n) is 6.46. The summed E-state index contributed by atoms with van der Waals surface area (Å²) in [4.78, 5) is 37.5. The van der Waals surface area contributed by atoms with Crippen molar-refractivity contribution < 1.29 is 9.53 Å². The van der Waals surface area contributed by atoms with Gasteiger partial charge in [0.1, 0.15) is 5.82 Å². The zero-order valence-electron chi connectivity index (χ0n) is 20.1. The molecule has 0 bridgehead atoms. The molecule has 1 unspecified atom stereocenters. The highest BCUT2D eigenvalue weighted by Gasteiger charge is 2.37. The molecular weight excluding hydrogens is 434 g/mol. The minimum atomic E-state index is -0.258. The number of rotatable bonds is 3. The van der Waals surface area contributed by atoms with Crippen molar-refractivity contribution in [2.24, 2.45) is 0 Å². The molecule has 5 rings (SSSR count). The summed E-state index contributed by atoms with van der Waals surface area (Å²) in [5.41, 5.74) is 8.25. The van der Waals surface area contributed by atoms with E-state index < -0.39 is 0 Å². The van der Waals surface area contributed by atoms with Gasteiger partial charge in [-0.3, -0.25) is 0 Å². The minimum absolute atomic E-state index is 0.00849. The number of nitrogens with zero attached hydrogens (tertiary/aromatic N) is 7. The molecule has 2 fully saturated rings. The van der Waals surface area contributed by atoms with Gasteiger partial charge < -0.3 is 30.5 Å². The summed E-state index contributed by atoms with van der Waals surface area (Å²) < 4.78 is 5.53. The Morgan fingerprint density at radius 2 is 1.85 bits per heavy atom. The first kappa shape index (κ1) is 22.6. The molecule has 5 heterocycles. The van der Waals surface area contributed by atoms with Crippen LogP contribution in [0.2, 0.25) is 0 Å². The predicted molar refractivity (Wildman–Crippen MR) is 130 cm³/mol. The molecule has 0 aromatic carbocycles. The summed E-state index contributed by atoms with van der Waals surface area (Å²) in [5, 5.41) is 3.08. The van der Waals surface area contributed by atoms with Gasteiger partial charge in [0, 0.05) is 67.8 Å². The Labute approximate surface area is 199 Å². The van der Waals surface area contributed by atoms with Crippen LogP contribution in [-0.4, -0.2) is 88.4 Å². The lowest BCUT2D eigenvalue weighted by Gasteiger charge is -2.30. The number of hydrogen-bond donors (Lipinski definition) is 2. The number of carbonyl (C=O) groups excluding carboxylic acids is 1. The van der Waals surface area contributed by atoms with Crippen molar-refractivity contribution in [1.29, 1.82) is 0 Å². The number of urea groups is 1. The number of nitrogens with two attached hydrogens (primary N) is 1. The molecule has 2 aromatic heterocycles. The lowest BCUT2D eigenvalue weighted by molar-refractivity contribution is 0.122. The van der Waals surface area contributed by atoms with Crippen LogP contribution in [0.3, 0.4) is 0 Å². The summed E-state index contributed by atoms with van der Waals surface area (Å²) in [6.07, 6.45) is 5.20. The van der Waals surface area contributed by atoms with E-state index in [1.807, 2.05) is 25.7 Å². The number of aromatic nitrogens is 4. The van der Waals surface area contributed by atoms with Gasteiger partial charge in [-0.1, -0.05) is 0 Å². The smallest absolute Gasteiger partial charge is 0.317 e. The zero-order valence-corrected chi connectivity index (χ0v) is 20.1. The highest BCUT2D eigenvalue weighted by Crippen LogP contribution is 2.37. The maximum atomic E-state index is 12.7. The number of morpholine rings is 1. The van der Waals surface area contributed by atoms with Crippen molar-refractivity contribution in [2.75, 3.05) is 61.5 Å². The fourth-order valence-electron chi connectivity index (χ4n) is 4.81. The molecule has 34 heavy (non-hydrogen) atoms. The van der Waals surface area contributed by atoms with Crippen LogP contribution in [0.5, 0.6) is 0 Å². The van der Waals surface area contributed by atoms with Crippen molar-refractivity contribution in [3.63, 3.8) is 0 Å². The fourth-order valence-corrected chi connectivity index (χ4v) is 4.81. The molecule has 3 aliphatic heterocycles. The number of ether oxygens (including phenoxy) is 1.